The number of hydrogen-bond donors (Lipinski definition) is 0. The Morgan fingerprint density at radius 2 is 1.93 bits per heavy atom. The van der Waals surface area contributed by atoms with Crippen LogP contribution in [0.2, 0.25) is 0 Å². The molecule has 2 aliphatic heterocycles. The van der Waals surface area contributed by atoms with Crippen LogP contribution in [0.5, 0.6) is 5.75 Å². The van der Waals surface area contributed by atoms with E-state index in [-0.39, 0.29) is 11.5 Å². The summed E-state index contributed by atoms with van der Waals surface area (Å²) in [6, 6.07) is 13.0. The number of nitrogens with zero attached hydrogens (tertiary/aromatic N) is 4. The van der Waals surface area contributed by atoms with Gasteiger partial charge >= 0.3 is 0 Å². The number of hydrogen-bond acceptors (Lipinski definition) is 8. The maximum Gasteiger partial charge on any atom is 0.271 e. The Hall–Kier alpha value is -3.67. The molecule has 1 atom stereocenters. The van der Waals surface area contributed by atoms with Gasteiger partial charge in [0.05, 0.1) is 40.6 Å². The van der Waals surface area contributed by atoms with Gasteiger partial charge in [-0.05, 0) is 53.5 Å². The fourth-order valence-corrected chi connectivity index (χ4v) is 7.43. The van der Waals surface area contributed by atoms with Gasteiger partial charge in [-0.15, -0.1) is 0 Å². The Balaban J connectivity index is 1.58. The van der Waals surface area contributed by atoms with Gasteiger partial charge in [-0.25, -0.2) is 4.99 Å². The molecule has 1 fully saturated rings. The number of amides is 1. The van der Waals surface area contributed by atoms with E-state index in [0.717, 1.165) is 33.9 Å². The average Bonchev–Trinajstić information content (AvgIpc) is 3.54. The van der Waals surface area contributed by atoms with Crippen LogP contribution in [0.1, 0.15) is 38.1 Å². The van der Waals surface area contributed by atoms with E-state index in [2.05, 4.69) is 20.8 Å². The second-order valence-corrected chi connectivity index (χ2v) is 12.2. The molecular weight excluding hydrogens is 632 g/mol. The number of thiazole rings is 1. The van der Waals surface area contributed by atoms with E-state index in [1.807, 2.05) is 63.2 Å². The number of rotatable bonds is 7. The lowest BCUT2D eigenvalue weighted by atomic mass is 9.90. The molecule has 1 amide bonds. The molecule has 2 aromatic carbocycles. The van der Waals surface area contributed by atoms with E-state index >= 15 is 0 Å². The number of benzene rings is 2. The third-order valence-electron chi connectivity index (χ3n) is 7.99. The van der Waals surface area contributed by atoms with Gasteiger partial charge in [-0.1, -0.05) is 41.7 Å². The van der Waals surface area contributed by atoms with Gasteiger partial charge in [-0.2, -0.15) is 0 Å². The summed E-state index contributed by atoms with van der Waals surface area (Å²) in [5, 5.41) is 1.90. The monoisotopic (exact) mass is 664 g/mol. The van der Waals surface area contributed by atoms with Crippen molar-refractivity contribution in [3.63, 3.8) is 0 Å². The van der Waals surface area contributed by atoms with Crippen molar-refractivity contribution in [3.8, 4) is 5.75 Å². The summed E-state index contributed by atoms with van der Waals surface area (Å²) in [6.07, 6.45) is 1.75. The molecule has 11 heteroatoms. The topological polar surface area (TPSA) is 89.5 Å². The van der Waals surface area contributed by atoms with Crippen molar-refractivity contribution in [2.45, 2.75) is 26.8 Å². The molecule has 2 aliphatic rings. The lowest BCUT2D eigenvalue weighted by Gasteiger charge is -2.30. The van der Waals surface area contributed by atoms with E-state index in [9.17, 15) is 9.59 Å². The minimum Gasteiger partial charge on any atom is -0.496 e. The third kappa shape index (κ3) is 5.23. The molecule has 6 rings (SSSR count). The van der Waals surface area contributed by atoms with Gasteiger partial charge in [-0.3, -0.25) is 14.2 Å². The number of halogens is 1. The Labute approximate surface area is 261 Å². The van der Waals surface area contributed by atoms with E-state index in [0.29, 0.717) is 64.3 Å². The zero-order valence-corrected chi connectivity index (χ0v) is 27.0. The molecule has 0 radical (unpaired) electrons. The van der Waals surface area contributed by atoms with Crippen LogP contribution in [0.15, 0.2) is 72.4 Å². The normalized spacial score (nSPS) is 17.3. The van der Waals surface area contributed by atoms with Gasteiger partial charge in [0.2, 0.25) is 5.88 Å². The number of fused-ring (bicyclic) bond motifs is 2. The lowest BCUT2D eigenvalue weighted by molar-refractivity contribution is -0.127. The van der Waals surface area contributed by atoms with E-state index in [1.54, 1.807) is 22.7 Å². The quantitative estimate of drug-likeness (QED) is 0.290. The number of anilines is 1. The number of ether oxygens (including phenoxy) is 2. The third-order valence-corrected chi connectivity index (χ3v) is 9.54. The summed E-state index contributed by atoms with van der Waals surface area (Å²) in [5.41, 5.74) is 1.56. The van der Waals surface area contributed by atoms with Crippen molar-refractivity contribution >= 4 is 55.9 Å². The minimum absolute atomic E-state index is 0.148. The van der Waals surface area contributed by atoms with Gasteiger partial charge in [0, 0.05) is 43.9 Å². The van der Waals surface area contributed by atoms with Gasteiger partial charge in [0.25, 0.3) is 11.5 Å². The van der Waals surface area contributed by atoms with Crippen LogP contribution in [0.25, 0.3) is 16.8 Å². The number of methoxy groups -OCH3 is 1. The molecule has 0 saturated carbocycles. The standard InChI is InChI=1S/C32H33BrN4O5S/c1-5-35(6-2)30(39)26-19(3)34-32-37(28(26)27-22-10-8-7-9-20(22)11-12-24(27)40-4)29(38)25(43-32)18-21-17-23(33)31(42-21)36-13-15-41-16-14-36/h7-12,17-18,28H,5-6,13-16H2,1-4H3/b25-18+/t28-/m0/s1. The van der Waals surface area contributed by atoms with Crippen molar-refractivity contribution in [2.75, 3.05) is 51.4 Å². The number of furan rings is 1. The molecule has 0 spiro atoms. The number of carbonyl (C=O) groups is 1. The first-order chi connectivity index (χ1) is 20.9. The van der Waals surface area contributed by atoms with Crippen LogP contribution >= 0.6 is 27.3 Å². The van der Waals surface area contributed by atoms with E-state index < -0.39 is 6.04 Å². The van der Waals surface area contributed by atoms with Gasteiger partial charge < -0.3 is 23.7 Å². The first-order valence-corrected chi connectivity index (χ1v) is 16.0. The molecule has 4 heterocycles. The number of morpholine rings is 1. The lowest BCUT2D eigenvalue weighted by Crippen LogP contribution is -2.43. The van der Waals surface area contributed by atoms with Crippen molar-refractivity contribution in [3.05, 3.63) is 89.2 Å². The average molecular weight is 666 g/mol. The van der Waals surface area contributed by atoms with Crippen LogP contribution in [0.4, 0.5) is 5.88 Å². The second-order valence-electron chi connectivity index (χ2n) is 10.4. The first-order valence-electron chi connectivity index (χ1n) is 14.4. The summed E-state index contributed by atoms with van der Waals surface area (Å²) in [5.74, 6) is 1.71. The summed E-state index contributed by atoms with van der Waals surface area (Å²) in [6.45, 7) is 9.53. The molecule has 2 aromatic heterocycles. The Kier molecular flexibility index (Phi) is 8.30. The first kappa shape index (κ1) is 29.4. The second kappa shape index (κ2) is 12.1. The Morgan fingerprint density at radius 3 is 2.65 bits per heavy atom. The molecule has 0 bridgehead atoms. The summed E-state index contributed by atoms with van der Waals surface area (Å²) < 4.78 is 20.5. The highest BCUT2D eigenvalue weighted by molar-refractivity contribution is 9.10. The zero-order chi connectivity index (χ0) is 30.2. The minimum atomic E-state index is -0.736. The van der Waals surface area contributed by atoms with Crippen molar-refractivity contribution in [1.82, 2.24) is 9.47 Å². The van der Waals surface area contributed by atoms with Crippen LogP contribution in [-0.4, -0.2) is 61.9 Å². The van der Waals surface area contributed by atoms with Crippen molar-refractivity contribution in [2.24, 2.45) is 4.99 Å². The SMILES string of the molecule is CCN(CC)C(=O)C1=C(C)N=c2s/c(=C/c3cc(Br)c(N4CCOCC4)o3)c(=O)n2[C@@H]1c1c(OC)ccc2ccccc12. The molecule has 224 valence electrons. The van der Waals surface area contributed by atoms with Crippen LogP contribution < -0.4 is 24.5 Å². The number of likely N-dealkylation sites (N-methyl/N-ethyl adjacent to an activating group) is 1. The van der Waals surface area contributed by atoms with Crippen LogP contribution in [0, 0.1) is 0 Å². The summed E-state index contributed by atoms with van der Waals surface area (Å²) in [7, 11) is 1.61. The fourth-order valence-electron chi connectivity index (χ4n) is 5.84. The molecular formula is C32H33BrN4O5S. The molecule has 9 nitrogen and oxygen atoms in total. The zero-order valence-electron chi connectivity index (χ0n) is 24.6. The highest BCUT2D eigenvalue weighted by Gasteiger charge is 2.36. The highest BCUT2D eigenvalue weighted by Crippen LogP contribution is 2.40. The molecule has 0 aliphatic carbocycles. The van der Waals surface area contributed by atoms with E-state index in [4.69, 9.17) is 18.9 Å². The van der Waals surface area contributed by atoms with Gasteiger partial charge in [0.1, 0.15) is 17.6 Å². The maximum atomic E-state index is 14.3. The smallest absolute Gasteiger partial charge is 0.271 e. The summed E-state index contributed by atoms with van der Waals surface area (Å²) in [4.78, 5) is 37.7. The van der Waals surface area contributed by atoms with E-state index in [1.165, 1.54) is 11.3 Å². The number of aromatic nitrogens is 1. The highest BCUT2D eigenvalue weighted by atomic mass is 79.9. The van der Waals surface area contributed by atoms with Gasteiger partial charge in [0.15, 0.2) is 4.80 Å². The predicted molar refractivity (Wildman–Crippen MR) is 172 cm³/mol. The van der Waals surface area contributed by atoms with Crippen molar-refractivity contribution in [1.29, 1.82) is 0 Å². The number of allylic oxidation sites excluding steroid dienone is 1. The summed E-state index contributed by atoms with van der Waals surface area (Å²) >= 11 is 4.90. The fraction of sp³-hybridized carbons (Fsp3) is 0.344. The van der Waals surface area contributed by atoms with Crippen molar-refractivity contribution < 1.29 is 18.7 Å². The Morgan fingerprint density at radius 1 is 1.19 bits per heavy atom. The molecule has 0 N–H and O–H groups in total. The Bertz CT molecular complexity index is 1910. The predicted octanol–water partition coefficient (Wildman–Crippen LogP) is 4.46. The molecule has 0 unspecified atom stereocenters. The molecule has 4 aromatic rings. The van der Waals surface area contributed by atoms with Crippen LogP contribution in [0.3, 0.4) is 0 Å². The molecule has 1 saturated heterocycles. The maximum absolute atomic E-state index is 14.3. The van der Waals surface area contributed by atoms with Crippen LogP contribution in [-0.2, 0) is 9.53 Å². The number of carbonyl (C=O) groups excluding carboxylic acids is 1. The largest absolute Gasteiger partial charge is 0.496 e. The molecule has 43 heavy (non-hydrogen) atoms.